The summed E-state index contributed by atoms with van der Waals surface area (Å²) in [5, 5.41) is 7.62. The number of hydrogen-bond donors (Lipinski definition) is 0. The zero-order valence-electron chi connectivity index (χ0n) is 7.97. The van der Waals surface area contributed by atoms with Crippen LogP contribution in [0.3, 0.4) is 0 Å². The third kappa shape index (κ3) is 5.91. The number of ketones is 1. The third-order valence-corrected chi connectivity index (χ3v) is 1.99. The van der Waals surface area contributed by atoms with E-state index in [0.29, 0.717) is 12.2 Å². The molecule has 0 unspecified atom stereocenters. The lowest BCUT2D eigenvalue weighted by Crippen LogP contribution is -2.10. The van der Waals surface area contributed by atoms with E-state index in [-0.39, 0.29) is 0 Å². The largest absolute Gasteiger partial charge is 0.300 e. The summed E-state index contributed by atoms with van der Waals surface area (Å²) in [5.74, 6) is 1.26. The Morgan fingerprint density at radius 1 is 1.50 bits per heavy atom. The van der Waals surface area contributed by atoms with Crippen LogP contribution in [0.5, 0.6) is 0 Å². The number of Topliss-reactive ketones (excluding diaryl/α,β-unsaturated/α-hetero) is 1. The van der Waals surface area contributed by atoms with Gasteiger partial charge in [-0.15, -0.1) is 0 Å². The highest BCUT2D eigenvalue weighted by atomic mass is 16.1. The van der Waals surface area contributed by atoms with E-state index in [1.54, 1.807) is 0 Å². The Morgan fingerprint density at radius 2 is 1.92 bits per heavy atom. The predicted octanol–water partition coefficient (Wildman–Crippen LogP) is 2.69. The number of nitrogens with zero attached hydrogens (tertiary/aromatic N) is 1. The summed E-state index contributed by atoms with van der Waals surface area (Å²) < 4.78 is 0. The molecule has 2 nitrogen and oxygen atoms in total. The minimum Gasteiger partial charge on any atom is -0.300 e. The molecule has 0 aliphatic heterocycles. The third-order valence-electron chi connectivity index (χ3n) is 1.99. The first-order valence-electron chi connectivity index (χ1n) is 4.59. The Kier molecular flexibility index (Phi) is 6.37. The SMILES string of the molecule is CC1CCC(=O)CC1.CCC#N. The van der Waals surface area contributed by atoms with Crippen LogP contribution in [0.1, 0.15) is 46.0 Å². The van der Waals surface area contributed by atoms with Gasteiger partial charge in [0, 0.05) is 19.3 Å². The molecule has 0 spiro atoms. The van der Waals surface area contributed by atoms with Gasteiger partial charge in [0.05, 0.1) is 6.07 Å². The topological polar surface area (TPSA) is 40.9 Å². The molecule has 2 heteroatoms. The Balaban J connectivity index is 0.000000261. The molecule has 1 aliphatic carbocycles. The van der Waals surface area contributed by atoms with Crippen LogP contribution in [0.15, 0.2) is 0 Å². The van der Waals surface area contributed by atoms with Gasteiger partial charge in [-0.2, -0.15) is 5.26 Å². The molecule has 0 atom stereocenters. The van der Waals surface area contributed by atoms with Crippen molar-refractivity contribution in [2.24, 2.45) is 5.92 Å². The molecule has 0 aromatic heterocycles. The molecule has 0 radical (unpaired) electrons. The molecule has 12 heavy (non-hydrogen) atoms. The van der Waals surface area contributed by atoms with Crippen LogP contribution in [-0.4, -0.2) is 5.78 Å². The van der Waals surface area contributed by atoms with Crippen LogP contribution in [0.2, 0.25) is 0 Å². The fourth-order valence-corrected chi connectivity index (χ4v) is 1.08. The fourth-order valence-electron chi connectivity index (χ4n) is 1.08. The van der Waals surface area contributed by atoms with Gasteiger partial charge < -0.3 is 0 Å². The van der Waals surface area contributed by atoms with E-state index < -0.39 is 0 Å². The molecule has 0 heterocycles. The van der Waals surface area contributed by atoms with E-state index in [1.165, 1.54) is 0 Å². The lowest BCUT2D eigenvalue weighted by molar-refractivity contribution is -0.120. The molecule has 0 amide bonds. The average molecular weight is 167 g/mol. The van der Waals surface area contributed by atoms with Crippen molar-refractivity contribution < 1.29 is 4.79 Å². The minimum atomic E-state index is 0.461. The highest BCUT2D eigenvalue weighted by Gasteiger charge is 2.13. The van der Waals surface area contributed by atoms with Crippen molar-refractivity contribution in [2.75, 3.05) is 0 Å². The van der Waals surface area contributed by atoms with Crippen molar-refractivity contribution in [1.29, 1.82) is 5.26 Å². The molecule has 0 bridgehead atoms. The standard InChI is InChI=1S/C7H12O.C3H5N/c1-6-2-4-7(8)5-3-6;1-2-3-4/h6H,2-5H2,1H3;2H2,1H3. The maximum absolute atomic E-state index is 10.6. The van der Waals surface area contributed by atoms with Crippen molar-refractivity contribution in [3.63, 3.8) is 0 Å². The molecule has 1 fully saturated rings. The van der Waals surface area contributed by atoms with Gasteiger partial charge in [0.2, 0.25) is 0 Å². The minimum absolute atomic E-state index is 0.461. The van der Waals surface area contributed by atoms with Crippen LogP contribution in [0.4, 0.5) is 0 Å². The Labute approximate surface area is 74.6 Å². The Morgan fingerprint density at radius 3 is 2.17 bits per heavy atom. The van der Waals surface area contributed by atoms with Crippen LogP contribution < -0.4 is 0 Å². The zero-order chi connectivity index (χ0) is 9.40. The Bertz CT molecular complexity index is 159. The number of carbonyl (C=O) groups excluding carboxylic acids is 1. The van der Waals surface area contributed by atoms with Crippen molar-refractivity contribution in [2.45, 2.75) is 46.0 Å². The predicted molar refractivity (Wildman–Crippen MR) is 48.5 cm³/mol. The van der Waals surface area contributed by atoms with E-state index in [4.69, 9.17) is 5.26 Å². The first-order chi connectivity index (χ1) is 5.70. The molecular weight excluding hydrogens is 150 g/mol. The van der Waals surface area contributed by atoms with E-state index in [1.807, 2.05) is 13.0 Å². The van der Waals surface area contributed by atoms with Crippen molar-refractivity contribution in [1.82, 2.24) is 0 Å². The molecule has 0 N–H and O–H groups in total. The van der Waals surface area contributed by atoms with E-state index in [0.717, 1.165) is 31.6 Å². The number of rotatable bonds is 0. The summed E-state index contributed by atoms with van der Waals surface area (Å²) in [6, 6.07) is 1.93. The molecule has 1 aliphatic rings. The lowest BCUT2D eigenvalue weighted by Gasteiger charge is -2.14. The van der Waals surface area contributed by atoms with E-state index >= 15 is 0 Å². The van der Waals surface area contributed by atoms with Crippen LogP contribution >= 0.6 is 0 Å². The van der Waals surface area contributed by atoms with Gasteiger partial charge >= 0.3 is 0 Å². The number of hydrogen-bond acceptors (Lipinski definition) is 2. The van der Waals surface area contributed by atoms with Gasteiger partial charge in [-0.25, -0.2) is 0 Å². The number of nitriles is 1. The van der Waals surface area contributed by atoms with Crippen molar-refractivity contribution >= 4 is 5.78 Å². The Hall–Kier alpha value is -0.840. The van der Waals surface area contributed by atoms with E-state index in [9.17, 15) is 4.79 Å². The second kappa shape index (κ2) is 6.84. The van der Waals surface area contributed by atoms with Gasteiger partial charge in [0.25, 0.3) is 0 Å². The zero-order valence-corrected chi connectivity index (χ0v) is 7.97. The summed E-state index contributed by atoms with van der Waals surface area (Å²) in [5.41, 5.74) is 0. The first kappa shape index (κ1) is 11.2. The molecule has 0 aromatic rings. The maximum atomic E-state index is 10.6. The highest BCUT2D eigenvalue weighted by Crippen LogP contribution is 2.19. The van der Waals surface area contributed by atoms with Crippen LogP contribution in [0, 0.1) is 17.2 Å². The number of carbonyl (C=O) groups is 1. The monoisotopic (exact) mass is 167 g/mol. The summed E-state index contributed by atoms with van der Waals surface area (Å²) in [6.07, 6.45) is 4.54. The molecule has 68 valence electrons. The molecular formula is C10H17NO. The van der Waals surface area contributed by atoms with Gasteiger partial charge in [-0.1, -0.05) is 13.8 Å². The normalized spacial score (nSPS) is 17.6. The van der Waals surface area contributed by atoms with Gasteiger partial charge in [-0.3, -0.25) is 4.79 Å². The van der Waals surface area contributed by atoms with Gasteiger partial charge in [0.15, 0.2) is 0 Å². The first-order valence-corrected chi connectivity index (χ1v) is 4.59. The summed E-state index contributed by atoms with van der Waals surface area (Å²) >= 11 is 0. The maximum Gasteiger partial charge on any atom is 0.132 e. The molecule has 0 saturated heterocycles. The molecule has 0 aromatic carbocycles. The second-order valence-corrected chi connectivity index (χ2v) is 3.23. The van der Waals surface area contributed by atoms with Crippen molar-refractivity contribution in [3.05, 3.63) is 0 Å². The summed E-state index contributed by atoms with van der Waals surface area (Å²) in [7, 11) is 0. The molecule has 1 saturated carbocycles. The smallest absolute Gasteiger partial charge is 0.132 e. The van der Waals surface area contributed by atoms with Crippen LogP contribution in [0.25, 0.3) is 0 Å². The van der Waals surface area contributed by atoms with E-state index in [2.05, 4.69) is 6.92 Å². The summed E-state index contributed by atoms with van der Waals surface area (Å²) in [6.45, 7) is 4.03. The highest BCUT2D eigenvalue weighted by molar-refractivity contribution is 5.78. The molecule has 1 rings (SSSR count). The average Bonchev–Trinajstić information content (AvgIpc) is 2.11. The fraction of sp³-hybridized carbons (Fsp3) is 0.800. The quantitative estimate of drug-likeness (QED) is 0.556. The van der Waals surface area contributed by atoms with Crippen LogP contribution in [-0.2, 0) is 4.79 Å². The summed E-state index contributed by atoms with van der Waals surface area (Å²) in [4.78, 5) is 10.6. The second-order valence-electron chi connectivity index (χ2n) is 3.23. The van der Waals surface area contributed by atoms with Gasteiger partial charge in [-0.05, 0) is 18.8 Å². The lowest BCUT2D eigenvalue weighted by atomic mass is 9.90. The van der Waals surface area contributed by atoms with Gasteiger partial charge in [0.1, 0.15) is 5.78 Å². The van der Waals surface area contributed by atoms with Crippen molar-refractivity contribution in [3.8, 4) is 6.07 Å².